The zero-order valence-corrected chi connectivity index (χ0v) is 11.7. The first-order valence-electron chi connectivity index (χ1n) is 6.42. The van der Waals surface area contributed by atoms with Crippen molar-refractivity contribution in [2.24, 2.45) is 0 Å². The SMILES string of the molecule is CCOC(=O)c1ccc(NC(C)c2ncc(C)o2)nc1. The van der Waals surface area contributed by atoms with Crippen molar-refractivity contribution in [2.75, 3.05) is 11.9 Å². The van der Waals surface area contributed by atoms with Crippen LogP contribution in [-0.2, 0) is 4.74 Å². The van der Waals surface area contributed by atoms with Gasteiger partial charge in [-0.05, 0) is 32.9 Å². The van der Waals surface area contributed by atoms with Gasteiger partial charge in [-0.2, -0.15) is 0 Å². The van der Waals surface area contributed by atoms with Gasteiger partial charge in [-0.1, -0.05) is 0 Å². The number of nitrogens with one attached hydrogen (secondary N) is 1. The van der Waals surface area contributed by atoms with Crippen LogP contribution in [0.15, 0.2) is 28.9 Å². The van der Waals surface area contributed by atoms with Gasteiger partial charge < -0.3 is 14.5 Å². The van der Waals surface area contributed by atoms with E-state index in [2.05, 4.69) is 15.3 Å². The third kappa shape index (κ3) is 3.34. The van der Waals surface area contributed by atoms with Crippen LogP contribution in [0.25, 0.3) is 0 Å². The molecule has 0 aliphatic heterocycles. The Balaban J connectivity index is 2.01. The molecule has 0 saturated heterocycles. The summed E-state index contributed by atoms with van der Waals surface area (Å²) in [6.07, 6.45) is 3.15. The van der Waals surface area contributed by atoms with Gasteiger partial charge in [0.1, 0.15) is 17.6 Å². The average Bonchev–Trinajstić information content (AvgIpc) is 2.86. The first kappa shape index (κ1) is 14.0. The maximum atomic E-state index is 11.5. The molecule has 20 heavy (non-hydrogen) atoms. The third-order valence-electron chi connectivity index (χ3n) is 2.65. The minimum Gasteiger partial charge on any atom is -0.462 e. The molecule has 0 amide bonds. The number of aromatic nitrogens is 2. The number of pyridine rings is 1. The minimum atomic E-state index is -0.372. The number of carbonyl (C=O) groups is 1. The number of hydrogen-bond acceptors (Lipinski definition) is 6. The van der Waals surface area contributed by atoms with Gasteiger partial charge >= 0.3 is 5.97 Å². The number of esters is 1. The summed E-state index contributed by atoms with van der Waals surface area (Å²) in [5.41, 5.74) is 0.428. The topological polar surface area (TPSA) is 77.2 Å². The van der Waals surface area contributed by atoms with E-state index in [1.807, 2.05) is 13.8 Å². The van der Waals surface area contributed by atoms with Crippen LogP contribution in [0.5, 0.6) is 0 Å². The van der Waals surface area contributed by atoms with Gasteiger partial charge in [-0.15, -0.1) is 0 Å². The van der Waals surface area contributed by atoms with Crippen LogP contribution in [0.1, 0.15) is 41.9 Å². The first-order chi connectivity index (χ1) is 9.60. The lowest BCUT2D eigenvalue weighted by atomic mass is 10.2. The largest absolute Gasteiger partial charge is 0.462 e. The van der Waals surface area contributed by atoms with Crippen LogP contribution >= 0.6 is 0 Å². The Hall–Kier alpha value is -2.37. The van der Waals surface area contributed by atoms with E-state index in [-0.39, 0.29) is 12.0 Å². The van der Waals surface area contributed by atoms with Gasteiger partial charge in [-0.25, -0.2) is 14.8 Å². The highest BCUT2D eigenvalue weighted by Crippen LogP contribution is 2.17. The lowest BCUT2D eigenvalue weighted by Gasteiger charge is -2.11. The summed E-state index contributed by atoms with van der Waals surface area (Å²) in [6, 6.07) is 3.28. The second kappa shape index (κ2) is 6.18. The Labute approximate surface area is 117 Å². The van der Waals surface area contributed by atoms with E-state index in [0.29, 0.717) is 23.9 Å². The summed E-state index contributed by atoms with van der Waals surface area (Å²) >= 11 is 0. The molecule has 0 aromatic carbocycles. The van der Waals surface area contributed by atoms with Crippen molar-refractivity contribution in [3.05, 3.63) is 41.7 Å². The van der Waals surface area contributed by atoms with E-state index in [9.17, 15) is 4.79 Å². The molecular weight excluding hydrogens is 258 g/mol. The Morgan fingerprint density at radius 3 is 2.75 bits per heavy atom. The number of nitrogens with zero attached hydrogens (tertiary/aromatic N) is 2. The number of oxazole rings is 1. The monoisotopic (exact) mass is 275 g/mol. The fraction of sp³-hybridized carbons (Fsp3) is 0.357. The van der Waals surface area contributed by atoms with Crippen molar-refractivity contribution in [3.8, 4) is 0 Å². The van der Waals surface area contributed by atoms with Crippen molar-refractivity contribution in [3.63, 3.8) is 0 Å². The number of rotatable bonds is 5. The van der Waals surface area contributed by atoms with Crippen molar-refractivity contribution >= 4 is 11.8 Å². The fourth-order valence-electron chi connectivity index (χ4n) is 1.67. The predicted octanol–water partition coefficient (Wildman–Crippen LogP) is 2.73. The zero-order chi connectivity index (χ0) is 14.5. The number of hydrogen-bond donors (Lipinski definition) is 1. The summed E-state index contributed by atoms with van der Waals surface area (Å²) in [4.78, 5) is 19.8. The summed E-state index contributed by atoms with van der Waals surface area (Å²) in [6.45, 7) is 5.88. The quantitative estimate of drug-likeness (QED) is 0.845. The molecule has 0 saturated carbocycles. The van der Waals surface area contributed by atoms with Crippen molar-refractivity contribution < 1.29 is 13.9 Å². The number of anilines is 1. The molecule has 2 aromatic rings. The second-order valence-electron chi connectivity index (χ2n) is 4.33. The molecule has 106 valence electrons. The summed E-state index contributed by atoms with van der Waals surface area (Å²) in [5.74, 6) is 1.63. The maximum Gasteiger partial charge on any atom is 0.339 e. The molecule has 6 nitrogen and oxygen atoms in total. The molecule has 2 rings (SSSR count). The van der Waals surface area contributed by atoms with Gasteiger partial charge in [0.05, 0.1) is 18.4 Å². The van der Waals surface area contributed by atoms with Gasteiger partial charge in [0.25, 0.3) is 0 Å². The van der Waals surface area contributed by atoms with E-state index < -0.39 is 0 Å². The van der Waals surface area contributed by atoms with Gasteiger partial charge in [-0.3, -0.25) is 0 Å². The Morgan fingerprint density at radius 2 is 2.20 bits per heavy atom. The van der Waals surface area contributed by atoms with Crippen LogP contribution in [0, 0.1) is 6.92 Å². The minimum absolute atomic E-state index is 0.107. The summed E-state index contributed by atoms with van der Waals surface area (Å²) in [5, 5.41) is 3.15. The number of aryl methyl sites for hydroxylation is 1. The van der Waals surface area contributed by atoms with Crippen molar-refractivity contribution in [2.45, 2.75) is 26.8 Å². The standard InChI is InChI=1S/C14H17N3O3/c1-4-19-14(18)11-5-6-12(15-8-11)17-10(3)13-16-7-9(2)20-13/h5-8,10H,4H2,1-3H3,(H,15,17). The Kier molecular flexibility index (Phi) is 4.34. The smallest absolute Gasteiger partial charge is 0.339 e. The van der Waals surface area contributed by atoms with Crippen molar-refractivity contribution in [1.29, 1.82) is 0 Å². The molecule has 6 heteroatoms. The fourth-order valence-corrected chi connectivity index (χ4v) is 1.67. The maximum absolute atomic E-state index is 11.5. The van der Waals surface area contributed by atoms with Crippen molar-refractivity contribution in [1.82, 2.24) is 9.97 Å². The molecule has 0 aliphatic carbocycles. The highest BCUT2D eigenvalue weighted by atomic mass is 16.5. The van der Waals surface area contributed by atoms with Gasteiger partial charge in [0, 0.05) is 6.20 Å². The molecular formula is C14H17N3O3. The molecule has 1 unspecified atom stereocenters. The first-order valence-corrected chi connectivity index (χ1v) is 6.42. The summed E-state index contributed by atoms with van der Waals surface area (Å²) in [7, 11) is 0. The highest BCUT2D eigenvalue weighted by Gasteiger charge is 2.12. The van der Waals surface area contributed by atoms with Crippen LogP contribution in [0.4, 0.5) is 5.82 Å². The van der Waals surface area contributed by atoms with Crippen LogP contribution in [0.2, 0.25) is 0 Å². The van der Waals surface area contributed by atoms with E-state index >= 15 is 0 Å². The molecule has 0 spiro atoms. The van der Waals surface area contributed by atoms with E-state index in [4.69, 9.17) is 9.15 Å². The van der Waals surface area contributed by atoms with E-state index in [1.54, 1.807) is 25.3 Å². The number of ether oxygens (including phenoxy) is 1. The predicted molar refractivity (Wildman–Crippen MR) is 73.5 cm³/mol. The van der Waals surface area contributed by atoms with Crippen LogP contribution in [0.3, 0.4) is 0 Å². The Morgan fingerprint density at radius 1 is 1.40 bits per heavy atom. The highest BCUT2D eigenvalue weighted by molar-refractivity contribution is 5.89. The van der Waals surface area contributed by atoms with E-state index in [0.717, 1.165) is 5.76 Å². The normalized spacial score (nSPS) is 11.9. The average molecular weight is 275 g/mol. The lowest BCUT2D eigenvalue weighted by molar-refractivity contribution is 0.0526. The third-order valence-corrected chi connectivity index (χ3v) is 2.65. The molecule has 1 N–H and O–H groups in total. The molecule has 0 radical (unpaired) electrons. The molecule has 0 bridgehead atoms. The van der Waals surface area contributed by atoms with Crippen LogP contribution < -0.4 is 5.32 Å². The lowest BCUT2D eigenvalue weighted by Crippen LogP contribution is -2.09. The molecule has 0 fully saturated rings. The molecule has 0 aliphatic rings. The van der Waals surface area contributed by atoms with Gasteiger partial charge in [0.15, 0.2) is 0 Å². The number of carbonyl (C=O) groups excluding carboxylic acids is 1. The summed E-state index contributed by atoms with van der Waals surface area (Å²) < 4.78 is 10.3. The van der Waals surface area contributed by atoms with Crippen LogP contribution in [-0.4, -0.2) is 22.5 Å². The van der Waals surface area contributed by atoms with Gasteiger partial charge in [0.2, 0.25) is 5.89 Å². The second-order valence-corrected chi connectivity index (χ2v) is 4.33. The van der Waals surface area contributed by atoms with E-state index in [1.165, 1.54) is 6.20 Å². The molecule has 2 heterocycles. The molecule has 1 atom stereocenters. The Bertz CT molecular complexity index is 578. The molecule has 2 aromatic heterocycles. The zero-order valence-electron chi connectivity index (χ0n) is 11.7.